The number of pyridine rings is 1. The number of nitrogens with zero attached hydrogens (tertiary/aromatic N) is 3. The number of aryl methyl sites for hydroxylation is 1. The second-order valence-electron chi connectivity index (χ2n) is 7.45. The molecule has 0 radical (unpaired) electrons. The van der Waals surface area contributed by atoms with Crippen molar-refractivity contribution in [2.24, 2.45) is 0 Å². The molecule has 4 aromatic rings. The van der Waals surface area contributed by atoms with Crippen LogP contribution in [0, 0.1) is 6.92 Å². The number of carbonyl (C=O) groups is 1. The second kappa shape index (κ2) is 7.43. The highest BCUT2D eigenvalue weighted by atomic mass is 35.5. The first-order valence-corrected chi connectivity index (χ1v) is 10.1. The van der Waals surface area contributed by atoms with Crippen LogP contribution in [0.2, 0.25) is 5.02 Å². The van der Waals surface area contributed by atoms with Gasteiger partial charge in [-0.1, -0.05) is 65.7 Å². The van der Waals surface area contributed by atoms with Crippen LogP contribution in [0.3, 0.4) is 0 Å². The van der Waals surface area contributed by atoms with Crippen molar-refractivity contribution in [3.8, 4) is 11.3 Å². The molecule has 2 aromatic heterocycles. The zero-order chi connectivity index (χ0) is 20.7. The molecule has 1 unspecified atom stereocenters. The van der Waals surface area contributed by atoms with Crippen LogP contribution < -0.4 is 0 Å². The zero-order valence-corrected chi connectivity index (χ0v) is 17.1. The summed E-state index contributed by atoms with van der Waals surface area (Å²) in [5.74, 6) is -0.0929. The van der Waals surface area contributed by atoms with Crippen molar-refractivity contribution in [3.63, 3.8) is 0 Å². The van der Waals surface area contributed by atoms with Gasteiger partial charge in [0.05, 0.1) is 11.7 Å². The molecule has 0 bridgehead atoms. The van der Waals surface area contributed by atoms with Crippen LogP contribution in [0.4, 0.5) is 0 Å². The highest BCUT2D eigenvalue weighted by Crippen LogP contribution is 2.45. The van der Waals surface area contributed by atoms with Crippen LogP contribution in [0.25, 0.3) is 11.3 Å². The van der Waals surface area contributed by atoms with E-state index in [0.717, 1.165) is 27.9 Å². The lowest BCUT2D eigenvalue weighted by atomic mass is 9.95. The molecule has 148 valence electrons. The third-order valence-corrected chi connectivity index (χ3v) is 5.81. The van der Waals surface area contributed by atoms with Crippen molar-refractivity contribution >= 4 is 17.5 Å². The van der Waals surface area contributed by atoms with Gasteiger partial charge >= 0.3 is 0 Å². The van der Waals surface area contributed by atoms with E-state index in [1.54, 1.807) is 12.4 Å². The van der Waals surface area contributed by atoms with Gasteiger partial charge in [-0.2, -0.15) is 5.10 Å². The molecule has 1 aliphatic heterocycles. The molecular formula is C24H19ClN4O. The van der Waals surface area contributed by atoms with Crippen LogP contribution in [-0.2, 0) is 6.54 Å². The van der Waals surface area contributed by atoms with E-state index in [4.69, 9.17) is 11.6 Å². The molecular weight excluding hydrogens is 396 g/mol. The number of aromatic amines is 1. The van der Waals surface area contributed by atoms with Gasteiger partial charge in [0.2, 0.25) is 0 Å². The number of H-pyrrole nitrogens is 1. The summed E-state index contributed by atoms with van der Waals surface area (Å²) >= 11 is 6.59. The van der Waals surface area contributed by atoms with E-state index in [1.807, 2.05) is 72.5 Å². The number of hydrogen-bond acceptors (Lipinski definition) is 3. The van der Waals surface area contributed by atoms with Crippen LogP contribution in [0.15, 0.2) is 73.1 Å². The fourth-order valence-electron chi connectivity index (χ4n) is 4.00. The minimum absolute atomic E-state index is 0.0929. The van der Waals surface area contributed by atoms with Crippen molar-refractivity contribution in [1.82, 2.24) is 20.1 Å². The number of amides is 1. The minimum atomic E-state index is -0.337. The Balaban J connectivity index is 1.67. The average Bonchev–Trinajstić information content (AvgIpc) is 3.30. The number of fused-ring (bicyclic) bond motifs is 1. The molecule has 0 saturated heterocycles. The maximum absolute atomic E-state index is 13.4. The van der Waals surface area contributed by atoms with Gasteiger partial charge in [-0.25, -0.2) is 0 Å². The minimum Gasteiger partial charge on any atom is -0.322 e. The molecule has 3 heterocycles. The van der Waals surface area contributed by atoms with E-state index >= 15 is 0 Å². The number of aromatic nitrogens is 3. The Kier molecular flexibility index (Phi) is 4.60. The van der Waals surface area contributed by atoms with Gasteiger partial charge in [-0.3, -0.25) is 14.9 Å². The summed E-state index contributed by atoms with van der Waals surface area (Å²) in [6, 6.07) is 19.3. The first-order chi connectivity index (χ1) is 14.6. The summed E-state index contributed by atoms with van der Waals surface area (Å²) in [6.07, 6.45) is 3.51. The van der Waals surface area contributed by atoms with E-state index in [9.17, 15) is 4.79 Å². The molecule has 1 atom stereocenters. The number of rotatable bonds is 4. The Labute approximate surface area is 179 Å². The Morgan fingerprint density at radius 1 is 1.07 bits per heavy atom. The van der Waals surface area contributed by atoms with Gasteiger partial charge in [-0.15, -0.1) is 0 Å². The highest BCUT2D eigenvalue weighted by Gasteiger charge is 2.42. The van der Waals surface area contributed by atoms with E-state index in [2.05, 4.69) is 15.2 Å². The largest absolute Gasteiger partial charge is 0.322 e. The maximum Gasteiger partial charge on any atom is 0.273 e. The first-order valence-electron chi connectivity index (χ1n) is 9.73. The van der Waals surface area contributed by atoms with Crippen molar-refractivity contribution in [3.05, 3.63) is 106 Å². The van der Waals surface area contributed by atoms with Gasteiger partial charge in [-0.05, 0) is 30.2 Å². The van der Waals surface area contributed by atoms with Crippen LogP contribution >= 0.6 is 11.6 Å². The fourth-order valence-corrected chi connectivity index (χ4v) is 4.24. The lowest BCUT2D eigenvalue weighted by molar-refractivity contribution is 0.0730. The molecule has 6 heteroatoms. The summed E-state index contributed by atoms with van der Waals surface area (Å²) in [5, 5.41) is 8.11. The van der Waals surface area contributed by atoms with Gasteiger partial charge < -0.3 is 4.90 Å². The Morgan fingerprint density at radius 2 is 1.87 bits per heavy atom. The molecule has 5 nitrogen and oxygen atoms in total. The average molecular weight is 415 g/mol. The van der Waals surface area contributed by atoms with Crippen LogP contribution in [0.5, 0.6) is 0 Å². The van der Waals surface area contributed by atoms with Crippen molar-refractivity contribution in [1.29, 1.82) is 0 Å². The molecule has 1 N–H and O–H groups in total. The molecule has 0 spiro atoms. The molecule has 0 saturated carbocycles. The normalized spacial score (nSPS) is 15.5. The lowest BCUT2D eigenvalue weighted by Crippen LogP contribution is -2.29. The summed E-state index contributed by atoms with van der Waals surface area (Å²) in [7, 11) is 0. The predicted molar refractivity (Wildman–Crippen MR) is 116 cm³/mol. The van der Waals surface area contributed by atoms with Gasteiger partial charge in [0, 0.05) is 35.1 Å². The van der Waals surface area contributed by atoms with E-state index in [0.29, 0.717) is 17.3 Å². The van der Waals surface area contributed by atoms with E-state index in [-0.39, 0.29) is 11.9 Å². The van der Waals surface area contributed by atoms with Crippen molar-refractivity contribution in [2.45, 2.75) is 19.5 Å². The Morgan fingerprint density at radius 3 is 2.60 bits per heavy atom. The van der Waals surface area contributed by atoms with E-state index in [1.165, 1.54) is 5.56 Å². The summed E-state index contributed by atoms with van der Waals surface area (Å²) in [5.41, 5.74) is 6.12. The Hall–Kier alpha value is -3.44. The molecule has 1 amide bonds. The number of nitrogens with one attached hydrogen (secondary N) is 1. The molecule has 1 aliphatic rings. The van der Waals surface area contributed by atoms with E-state index < -0.39 is 0 Å². The number of benzene rings is 2. The van der Waals surface area contributed by atoms with Crippen LogP contribution in [-0.4, -0.2) is 26.0 Å². The van der Waals surface area contributed by atoms with Gasteiger partial charge in [0.15, 0.2) is 0 Å². The zero-order valence-electron chi connectivity index (χ0n) is 16.3. The van der Waals surface area contributed by atoms with Crippen molar-refractivity contribution < 1.29 is 4.79 Å². The summed E-state index contributed by atoms with van der Waals surface area (Å²) in [4.78, 5) is 19.4. The second-order valence-corrected chi connectivity index (χ2v) is 7.85. The standard InChI is InChI=1S/C24H19ClN4O/c1-15-8-10-17(11-9-15)21-20-22(28-27-21)24(30)29(14-16-5-4-12-26-13-16)23(20)18-6-2-3-7-19(18)25/h2-13,23H,14H2,1H3,(H,27,28). The smallest absolute Gasteiger partial charge is 0.273 e. The van der Waals surface area contributed by atoms with Crippen LogP contribution in [0.1, 0.15) is 38.8 Å². The van der Waals surface area contributed by atoms with Gasteiger partial charge in [0.1, 0.15) is 5.69 Å². The molecule has 0 aliphatic carbocycles. The quantitative estimate of drug-likeness (QED) is 0.500. The SMILES string of the molecule is Cc1ccc(-c2n[nH]c3c2C(c2ccccc2Cl)N(Cc2cccnc2)C3=O)cc1. The number of carbonyl (C=O) groups excluding carboxylic acids is 1. The fraction of sp³-hybridized carbons (Fsp3) is 0.125. The summed E-state index contributed by atoms with van der Waals surface area (Å²) < 4.78 is 0. The number of halogens is 1. The first kappa shape index (κ1) is 18.6. The predicted octanol–water partition coefficient (Wildman–Crippen LogP) is 5.18. The molecule has 0 fully saturated rings. The van der Waals surface area contributed by atoms with Gasteiger partial charge in [0.25, 0.3) is 5.91 Å². The maximum atomic E-state index is 13.4. The Bertz CT molecular complexity index is 1220. The number of hydrogen-bond donors (Lipinski definition) is 1. The third kappa shape index (κ3) is 3.08. The topological polar surface area (TPSA) is 61.9 Å². The lowest BCUT2D eigenvalue weighted by Gasteiger charge is -2.27. The van der Waals surface area contributed by atoms with Crippen molar-refractivity contribution in [2.75, 3.05) is 0 Å². The highest BCUT2D eigenvalue weighted by molar-refractivity contribution is 6.31. The molecule has 2 aromatic carbocycles. The third-order valence-electron chi connectivity index (χ3n) is 5.46. The molecule has 30 heavy (non-hydrogen) atoms. The summed E-state index contributed by atoms with van der Waals surface area (Å²) in [6.45, 7) is 2.48. The monoisotopic (exact) mass is 414 g/mol. The molecule has 5 rings (SSSR count).